The van der Waals surface area contributed by atoms with Gasteiger partial charge in [0.25, 0.3) is 11.1 Å². The van der Waals surface area contributed by atoms with Gasteiger partial charge in [0.1, 0.15) is 41.2 Å². The first kappa shape index (κ1) is 42.2. The Morgan fingerprint density at radius 1 is 0.689 bits per heavy atom. The molecular formula is C44H52F2N10O5. The van der Waals surface area contributed by atoms with Crippen LogP contribution in [0.3, 0.4) is 0 Å². The Hall–Kier alpha value is -5.49. The molecule has 4 fully saturated rings. The van der Waals surface area contributed by atoms with E-state index in [-0.39, 0.29) is 40.5 Å². The van der Waals surface area contributed by atoms with Crippen molar-refractivity contribution >= 4 is 17.3 Å². The second kappa shape index (κ2) is 19.1. The lowest BCUT2D eigenvalue weighted by Crippen LogP contribution is -2.24. The fourth-order valence-electron chi connectivity index (χ4n) is 8.79. The summed E-state index contributed by atoms with van der Waals surface area (Å²) in [5.41, 5.74) is 2.36. The zero-order valence-electron chi connectivity index (χ0n) is 34.4. The van der Waals surface area contributed by atoms with Crippen LogP contribution in [0, 0.1) is 23.5 Å². The summed E-state index contributed by atoms with van der Waals surface area (Å²) in [6, 6.07) is 12.0. The second-order valence-corrected chi connectivity index (χ2v) is 16.6. The number of nitrogens with one attached hydrogen (secondary N) is 3. The normalized spacial score (nSPS) is 22.5. The van der Waals surface area contributed by atoms with Crippen LogP contribution in [0.15, 0.2) is 70.5 Å². The van der Waals surface area contributed by atoms with Crippen molar-refractivity contribution in [1.82, 2.24) is 49.4 Å². The molecule has 8 heterocycles. The van der Waals surface area contributed by atoms with E-state index in [4.69, 9.17) is 19.7 Å². The van der Waals surface area contributed by atoms with Gasteiger partial charge in [0.2, 0.25) is 0 Å². The van der Waals surface area contributed by atoms with Gasteiger partial charge in [0.15, 0.2) is 11.0 Å². The Morgan fingerprint density at radius 3 is 1.69 bits per heavy atom. The highest BCUT2D eigenvalue weighted by Gasteiger charge is 2.34. The van der Waals surface area contributed by atoms with Gasteiger partial charge < -0.3 is 24.8 Å². The Bertz CT molecular complexity index is 2530. The minimum absolute atomic E-state index is 0.102. The number of carbonyl (C=O) groups excluding carboxylic acids is 1. The Kier molecular flexibility index (Phi) is 13.2. The van der Waals surface area contributed by atoms with Gasteiger partial charge in [-0.3, -0.25) is 19.3 Å². The first-order valence-electron chi connectivity index (χ1n) is 21.1. The molecule has 15 nitrogen and oxygen atoms in total. The largest absolute Gasteiger partial charge is 0.381 e. The molecule has 0 bridgehead atoms. The van der Waals surface area contributed by atoms with Gasteiger partial charge >= 0.3 is 0 Å². The van der Waals surface area contributed by atoms with Crippen molar-refractivity contribution in [2.75, 3.05) is 52.6 Å². The van der Waals surface area contributed by atoms with Crippen LogP contribution < -0.4 is 16.4 Å². The van der Waals surface area contributed by atoms with E-state index in [0.29, 0.717) is 59.7 Å². The van der Waals surface area contributed by atoms with Crippen LogP contribution in [0.4, 0.5) is 8.78 Å². The molecule has 61 heavy (non-hydrogen) atoms. The van der Waals surface area contributed by atoms with Gasteiger partial charge in [-0.2, -0.15) is 10.2 Å². The third-order valence-corrected chi connectivity index (χ3v) is 12.3. The van der Waals surface area contributed by atoms with E-state index in [1.807, 2.05) is 12.1 Å². The lowest BCUT2D eigenvalue weighted by Gasteiger charge is -2.21. The number of aromatic nitrogens is 8. The fraction of sp³-hybridized carbons (Fsp3) is 0.477. The quantitative estimate of drug-likeness (QED) is 0.185. The minimum atomic E-state index is -0.319. The summed E-state index contributed by atoms with van der Waals surface area (Å²) >= 11 is 0. The number of ether oxygens (including phenoxy) is 2. The number of nitrogens with zero attached hydrogens (tertiary/aromatic N) is 7. The van der Waals surface area contributed by atoms with Crippen LogP contribution in [0.5, 0.6) is 0 Å². The predicted octanol–water partition coefficient (Wildman–Crippen LogP) is 4.96. The van der Waals surface area contributed by atoms with E-state index in [1.54, 1.807) is 21.4 Å². The summed E-state index contributed by atoms with van der Waals surface area (Å²) in [4.78, 5) is 52.4. The number of benzene rings is 2. The summed E-state index contributed by atoms with van der Waals surface area (Å²) in [5, 5.41) is 12.9. The van der Waals surface area contributed by atoms with Crippen molar-refractivity contribution in [1.29, 1.82) is 0 Å². The molecule has 0 amide bonds. The number of imidazole rings is 2. The summed E-state index contributed by atoms with van der Waals surface area (Å²) < 4.78 is 39.7. The van der Waals surface area contributed by atoms with Crippen LogP contribution in [0.25, 0.3) is 11.0 Å². The molecule has 4 aliphatic heterocycles. The predicted molar refractivity (Wildman–Crippen MR) is 223 cm³/mol. The van der Waals surface area contributed by atoms with E-state index >= 15 is 0 Å². The summed E-state index contributed by atoms with van der Waals surface area (Å²) in [5.74, 6) is 4.47. The van der Waals surface area contributed by atoms with Crippen LogP contribution in [0.1, 0.15) is 102 Å². The average molecular weight is 839 g/mol. The van der Waals surface area contributed by atoms with E-state index < -0.39 is 0 Å². The van der Waals surface area contributed by atoms with Crippen LogP contribution in [-0.4, -0.2) is 103 Å². The van der Waals surface area contributed by atoms with Gasteiger partial charge in [0, 0.05) is 81.8 Å². The Balaban J connectivity index is 0.000000144. The summed E-state index contributed by atoms with van der Waals surface area (Å²) in [6.45, 7) is 11.6. The lowest BCUT2D eigenvalue weighted by molar-refractivity contribution is 0.0831. The number of H-pyrrole nitrogens is 2. The van der Waals surface area contributed by atoms with Crippen molar-refractivity contribution in [3.63, 3.8) is 0 Å². The second-order valence-electron chi connectivity index (χ2n) is 16.6. The SMILES string of the molecule is CC1CN(Cc2ccc(F)cc2)CC1c1nn2c(C3CCOCC3)ncc2c(=O)[nH]1.CC1CNCC1c1nn2c(C3CCOCC3)ncc2c(=O)[nH]1.O=Cc1ccc(F)cc1. The smallest absolute Gasteiger partial charge is 0.276 e. The van der Waals surface area contributed by atoms with Crippen molar-refractivity contribution in [2.24, 2.45) is 11.8 Å². The first-order valence-corrected chi connectivity index (χ1v) is 21.1. The van der Waals surface area contributed by atoms with Gasteiger partial charge in [-0.1, -0.05) is 26.0 Å². The maximum Gasteiger partial charge on any atom is 0.276 e. The van der Waals surface area contributed by atoms with E-state index in [0.717, 1.165) is 94.7 Å². The fourth-order valence-corrected chi connectivity index (χ4v) is 8.79. The van der Waals surface area contributed by atoms with Crippen LogP contribution in [0.2, 0.25) is 0 Å². The molecule has 17 heteroatoms. The number of hydrogen-bond donors (Lipinski definition) is 3. The zero-order valence-corrected chi connectivity index (χ0v) is 34.4. The van der Waals surface area contributed by atoms with E-state index in [1.165, 1.54) is 36.4 Å². The molecule has 2 aromatic carbocycles. The van der Waals surface area contributed by atoms with Gasteiger partial charge in [-0.15, -0.1) is 0 Å². The molecule has 3 N–H and O–H groups in total. The van der Waals surface area contributed by atoms with Gasteiger partial charge in [-0.05, 0) is 86.0 Å². The van der Waals surface area contributed by atoms with Crippen molar-refractivity contribution in [3.05, 3.63) is 128 Å². The van der Waals surface area contributed by atoms with Gasteiger partial charge in [0.05, 0.1) is 12.4 Å². The standard InChI is InChI=1S/C22H26FN5O2.C15H21N5O2.C7H5FO/c1-14-11-27(12-15-2-4-17(23)5-3-15)13-18(14)20-25-22(29)19-10-24-21(28(19)26-20)16-6-8-30-9-7-16;1-9-6-16-7-11(9)13-18-15(21)12-8-17-14(20(12)19-13)10-2-4-22-5-3-10;8-7-3-1-6(5-9)2-4-7/h2-5,10,14,16,18H,6-9,11-13H2,1H3,(H,25,26,29);8-11,16H,2-7H2,1H3,(H,18,19,21);1-5H. The minimum Gasteiger partial charge on any atom is -0.381 e. The number of halogens is 2. The van der Waals surface area contributed by atoms with Crippen LogP contribution in [-0.2, 0) is 16.0 Å². The van der Waals surface area contributed by atoms with Gasteiger partial charge in [-0.25, -0.2) is 27.8 Å². The molecular weight excluding hydrogens is 787 g/mol. The number of hydrogen-bond acceptors (Lipinski definition) is 11. The highest BCUT2D eigenvalue weighted by atomic mass is 19.1. The van der Waals surface area contributed by atoms with Crippen molar-refractivity contribution < 1.29 is 23.0 Å². The third kappa shape index (κ3) is 9.70. The monoisotopic (exact) mass is 838 g/mol. The molecule has 322 valence electrons. The maximum absolute atomic E-state index is 13.2. The number of fused-ring (bicyclic) bond motifs is 2. The molecule has 4 atom stereocenters. The topological polar surface area (TPSA) is 177 Å². The molecule has 0 saturated carbocycles. The molecule has 0 aliphatic carbocycles. The number of rotatable bonds is 7. The zero-order chi connectivity index (χ0) is 42.5. The molecule has 10 rings (SSSR count). The van der Waals surface area contributed by atoms with Crippen LogP contribution >= 0.6 is 0 Å². The van der Waals surface area contributed by atoms with E-state index in [9.17, 15) is 23.2 Å². The molecule has 4 aliphatic rings. The summed E-state index contributed by atoms with van der Waals surface area (Å²) in [6.07, 6.45) is 7.60. The highest BCUT2D eigenvalue weighted by molar-refractivity contribution is 5.74. The molecule has 0 spiro atoms. The molecule has 4 aromatic heterocycles. The summed E-state index contributed by atoms with van der Waals surface area (Å²) in [7, 11) is 0. The van der Waals surface area contributed by atoms with Crippen molar-refractivity contribution in [3.8, 4) is 0 Å². The molecule has 4 unspecified atom stereocenters. The lowest BCUT2D eigenvalue weighted by atomic mass is 9.97. The number of aromatic amines is 2. The maximum atomic E-state index is 13.2. The molecule has 0 radical (unpaired) electrons. The third-order valence-electron chi connectivity index (χ3n) is 12.3. The number of aldehydes is 1. The molecule has 6 aromatic rings. The molecule has 4 saturated heterocycles. The average Bonchev–Trinajstić information content (AvgIpc) is 4.09. The Morgan fingerprint density at radius 2 is 1.20 bits per heavy atom. The van der Waals surface area contributed by atoms with E-state index in [2.05, 4.69) is 44.0 Å². The first-order chi connectivity index (χ1) is 29.6. The highest BCUT2D eigenvalue weighted by Crippen LogP contribution is 2.32. The Labute approximate surface area is 350 Å². The number of likely N-dealkylation sites (tertiary alicyclic amines) is 1. The number of carbonyl (C=O) groups is 1. The van der Waals surface area contributed by atoms with Crippen molar-refractivity contribution in [2.45, 2.75) is 69.7 Å².